The Morgan fingerprint density at radius 3 is 2.16 bits per heavy atom. The van der Waals surface area contributed by atoms with Gasteiger partial charge in [0.2, 0.25) is 0 Å². The van der Waals surface area contributed by atoms with Crippen LogP contribution in [0.25, 0.3) is 0 Å². The first-order chi connectivity index (χ1) is 11.6. The summed E-state index contributed by atoms with van der Waals surface area (Å²) in [6.45, 7) is 11.0. The highest BCUT2D eigenvalue weighted by atomic mass is 19.1. The number of amides is 1. The minimum Gasteiger partial charge on any atom is -0.399 e. The normalized spacial score (nSPS) is 22.3. The van der Waals surface area contributed by atoms with Gasteiger partial charge in [0.15, 0.2) is 0 Å². The Morgan fingerprint density at radius 1 is 1.08 bits per heavy atom. The van der Waals surface area contributed by atoms with E-state index >= 15 is 0 Å². The van der Waals surface area contributed by atoms with Crippen LogP contribution in [0.2, 0.25) is 0 Å². The van der Waals surface area contributed by atoms with Gasteiger partial charge in [-0.25, -0.2) is 4.39 Å². The summed E-state index contributed by atoms with van der Waals surface area (Å²) in [7, 11) is -0.627. The van der Waals surface area contributed by atoms with E-state index < -0.39 is 24.1 Å². The lowest BCUT2D eigenvalue weighted by Crippen LogP contribution is -2.41. The van der Waals surface area contributed by atoms with Crippen molar-refractivity contribution in [2.75, 3.05) is 13.1 Å². The summed E-state index contributed by atoms with van der Waals surface area (Å²) in [5, 5.41) is 0. The standard InChI is InChI=1S/C19H27BFNO3/c1-13-11-14(20-24-18(2,3)19(4,5)25-20)12-15(21)16(13)17(23)22-9-7-6-8-10-22/h11-12H,6-10H2,1-5H3. The molecule has 25 heavy (non-hydrogen) atoms. The van der Waals surface area contributed by atoms with Crippen molar-refractivity contribution in [3.63, 3.8) is 0 Å². The molecule has 2 aliphatic rings. The van der Waals surface area contributed by atoms with E-state index in [1.54, 1.807) is 11.8 Å². The van der Waals surface area contributed by atoms with Crippen LogP contribution < -0.4 is 5.46 Å². The summed E-state index contributed by atoms with van der Waals surface area (Å²) in [5.74, 6) is -0.713. The van der Waals surface area contributed by atoms with E-state index in [9.17, 15) is 9.18 Å². The molecular weight excluding hydrogens is 320 g/mol. The fraction of sp³-hybridized carbons (Fsp3) is 0.632. The molecule has 136 valence electrons. The molecule has 0 N–H and O–H groups in total. The van der Waals surface area contributed by atoms with E-state index in [0.29, 0.717) is 24.1 Å². The Kier molecular flexibility index (Phi) is 4.71. The van der Waals surface area contributed by atoms with E-state index in [4.69, 9.17) is 9.31 Å². The number of hydrogen-bond acceptors (Lipinski definition) is 3. The molecule has 0 bridgehead atoms. The van der Waals surface area contributed by atoms with Crippen molar-refractivity contribution >= 4 is 18.5 Å². The number of aryl methyl sites for hydroxylation is 1. The zero-order chi connectivity index (χ0) is 18.4. The third-order valence-electron chi connectivity index (χ3n) is 5.69. The first-order valence-corrected chi connectivity index (χ1v) is 9.07. The van der Waals surface area contributed by atoms with Crippen LogP contribution in [0.5, 0.6) is 0 Å². The number of rotatable bonds is 2. The van der Waals surface area contributed by atoms with Gasteiger partial charge in [0.25, 0.3) is 5.91 Å². The molecule has 0 spiro atoms. The van der Waals surface area contributed by atoms with Gasteiger partial charge in [-0.3, -0.25) is 4.79 Å². The monoisotopic (exact) mass is 347 g/mol. The molecule has 2 fully saturated rings. The number of piperidine rings is 1. The zero-order valence-electron chi connectivity index (χ0n) is 15.8. The van der Waals surface area contributed by atoms with Gasteiger partial charge in [0, 0.05) is 13.1 Å². The second-order valence-electron chi connectivity index (χ2n) is 8.14. The first-order valence-electron chi connectivity index (χ1n) is 9.07. The van der Waals surface area contributed by atoms with Gasteiger partial charge < -0.3 is 14.2 Å². The molecule has 3 rings (SSSR count). The quantitative estimate of drug-likeness (QED) is 0.772. The van der Waals surface area contributed by atoms with E-state index in [2.05, 4.69) is 0 Å². The predicted molar refractivity (Wildman–Crippen MR) is 96.6 cm³/mol. The molecule has 2 saturated heterocycles. The molecule has 0 saturated carbocycles. The zero-order valence-corrected chi connectivity index (χ0v) is 15.8. The highest BCUT2D eigenvalue weighted by molar-refractivity contribution is 6.62. The third kappa shape index (κ3) is 3.34. The van der Waals surface area contributed by atoms with Crippen LogP contribution in [0.1, 0.15) is 62.9 Å². The molecule has 0 aliphatic carbocycles. The molecule has 0 radical (unpaired) electrons. The van der Waals surface area contributed by atoms with Crippen molar-refractivity contribution in [1.82, 2.24) is 4.90 Å². The van der Waals surface area contributed by atoms with E-state index in [-0.39, 0.29) is 11.5 Å². The largest absolute Gasteiger partial charge is 0.494 e. The molecular formula is C19H27BFNO3. The second-order valence-corrected chi connectivity index (χ2v) is 8.14. The average Bonchev–Trinajstić information content (AvgIpc) is 2.75. The molecule has 2 heterocycles. The Labute approximate surface area is 149 Å². The minimum absolute atomic E-state index is 0.169. The smallest absolute Gasteiger partial charge is 0.399 e. The molecule has 2 aliphatic heterocycles. The van der Waals surface area contributed by atoms with Gasteiger partial charge in [-0.15, -0.1) is 0 Å². The molecule has 1 amide bonds. The van der Waals surface area contributed by atoms with Crippen LogP contribution in [0.3, 0.4) is 0 Å². The Bertz CT molecular complexity index is 644. The summed E-state index contributed by atoms with van der Waals surface area (Å²) >= 11 is 0. The van der Waals surface area contributed by atoms with Crippen LogP contribution >= 0.6 is 0 Å². The van der Waals surface area contributed by atoms with Gasteiger partial charge in [-0.1, -0.05) is 6.07 Å². The van der Waals surface area contributed by atoms with Crippen LogP contribution in [0.4, 0.5) is 4.39 Å². The Balaban J connectivity index is 1.87. The fourth-order valence-corrected chi connectivity index (χ4v) is 3.41. The lowest BCUT2D eigenvalue weighted by Gasteiger charge is -2.32. The lowest BCUT2D eigenvalue weighted by molar-refractivity contribution is 0.00578. The topological polar surface area (TPSA) is 38.8 Å². The molecule has 0 aromatic heterocycles. The number of hydrogen-bond donors (Lipinski definition) is 0. The molecule has 6 heteroatoms. The van der Waals surface area contributed by atoms with Crippen LogP contribution in [0.15, 0.2) is 12.1 Å². The highest BCUT2D eigenvalue weighted by Gasteiger charge is 2.52. The summed E-state index contributed by atoms with van der Waals surface area (Å²) in [6, 6.07) is 3.19. The third-order valence-corrected chi connectivity index (χ3v) is 5.69. The minimum atomic E-state index is -0.627. The van der Waals surface area contributed by atoms with Gasteiger partial charge in [-0.05, 0) is 71.0 Å². The predicted octanol–water partition coefficient (Wildman–Crippen LogP) is 3.06. The number of nitrogens with zero attached hydrogens (tertiary/aromatic N) is 1. The number of carbonyl (C=O) groups is 1. The lowest BCUT2D eigenvalue weighted by atomic mass is 9.77. The van der Waals surface area contributed by atoms with E-state index in [0.717, 1.165) is 19.3 Å². The molecule has 1 aromatic rings. The van der Waals surface area contributed by atoms with E-state index in [1.165, 1.54) is 6.07 Å². The fourth-order valence-electron chi connectivity index (χ4n) is 3.41. The van der Waals surface area contributed by atoms with Gasteiger partial charge in [0.1, 0.15) is 5.82 Å². The molecule has 1 aromatic carbocycles. The summed E-state index contributed by atoms with van der Waals surface area (Å²) < 4.78 is 26.8. The maximum absolute atomic E-state index is 14.8. The molecule has 0 unspecified atom stereocenters. The van der Waals surface area contributed by atoms with Crippen molar-refractivity contribution in [2.45, 2.75) is 65.1 Å². The van der Waals surface area contributed by atoms with E-state index in [1.807, 2.05) is 33.8 Å². The van der Waals surface area contributed by atoms with Gasteiger partial charge in [-0.2, -0.15) is 0 Å². The van der Waals surface area contributed by atoms with Crippen LogP contribution in [-0.2, 0) is 9.31 Å². The average molecular weight is 347 g/mol. The number of carbonyl (C=O) groups excluding carboxylic acids is 1. The highest BCUT2D eigenvalue weighted by Crippen LogP contribution is 2.36. The maximum atomic E-state index is 14.8. The summed E-state index contributed by atoms with van der Waals surface area (Å²) in [5.41, 5.74) is 0.445. The summed E-state index contributed by atoms with van der Waals surface area (Å²) in [4.78, 5) is 14.5. The van der Waals surface area contributed by atoms with Gasteiger partial charge in [0.05, 0.1) is 16.8 Å². The first kappa shape index (κ1) is 18.4. The number of benzene rings is 1. The number of halogens is 1. The van der Waals surface area contributed by atoms with Crippen LogP contribution in [0, 0.1) is 12.7 Å². The molecule has 4 nitrogen and oxygen atoms in total. The maximum Gasteiger partial charge on any atom is 0.494 e. The van der Waals surface area contributed by atoms with Crippen molar-refractivity contribution < 1.29 is 18.5 Å². The SMILES string of the molecule is Cc1cc(B2OC(C)(C)C(C)(C)O2)cc(F)c1C(=O)N1CCCCC1. The van der Waals surface area contributed by atoms with Crippen molar-refractivity contribution in [3.8, 4) is 0 Å². The Morgan fingerprint density at radius 2 is 1.64 bits per heavy atom. The van der Waals surface area contributed by atoms with Crippen molar-refractivity contribution in [1.29, 1.82) is 0 Å². The number of likely N-dealkylation sites (tertiary alicyclic amines) is 1. The van der Waals surface area contributed by atoms with Crippen molar-refractivity contribution in [2.24, 2.45) is 0 Å². The molecule has 0 atom stereocenters. The Hall–Kier alpha value is -1.40. The van der Waals surface area contributed by atoms with Crippen molar-refractivity contribution in [3.05, 3.63) is 29.1 Å². The second kappa shape index (κ2) is 6.40. The van der Waals surface area contributed by atoms with Gasteiger partial charge >= 0.3 is 7.12 Å². The summed E-state index contributed by atoms with van der Waals surface area (Å²) in [6.07, 6.45) is 3.10. The van der Waals surface area contributed by atoms with Crippen LogP contribution in [-0.4, -0.2) is 42.2 Å².